The quantitative estimate of drug-likeness (QED) is 0.849. The van der Waals surface area contributed by atoms with Crippen LogP contribution in [0.25, 0.3) is 0 Å². The molecule has 3 heteroatoms. The first-order chi connectivity index (χ1) is 6.49. The van der Waals surface area contributed by atoms with Crippen LogP contribution in [0, 0.1) is 0 Å². The minimum absolute atomic E-state index is 0.215. The van der Waals surface area contributed by atoms with E-state index in [-0.39, 0.29) is 15.2 Å². The summed E-state index contributed by atoms with van der Waals surface area (Å²) in [4.78, 5) is 0.429. The van der Waals surface area contributed by atoms with E-state index in [1.807, 2.05) is 18.2 Å². The number of alkyl halides is 2. The fourth-order valence-corrected chi connectivity index (χ4v) is 3.18. The van der Waals surface area contributed by atoms with Crippen molar-refractivity contribution in [3.63, 3.8) is 0 Å². The summed E-state index contributed by atoms with van der Waals surface area (Å²) in [5, 5.41) is 0. The predicted octanol–water partition coefficient (Wildman–Crippen LogP) is 3.41. The van der Waals surface area contributed by atoms with Gasteiger partial charge in [0, 0.05) is 9.65 Å². The van der Waals surface area contributed by atoms with E-state index in [2.05, 4.69) is 57.8 Å². The summed E-state index contributed by atoms with van der Waals surface area (Å²) in [5.74, 6) is 0. The number of nitrogens with two attached hydrogens (primary N) is 1. The van der Waals surface area contributed by atoms with E-state index in [1.54, 1.807) is 0 Å². The lowest BCUT2D eigenvalue weighted by Crippen LogP contribution is -2.50. The maximum Gasteiger partial charge on any atom is 0.0657 e. The van der Waals surface area contributed by atoms with Gasteiger partial charge in [0.1, 0.15) is 0 Å². The molecular formula is C11H15Br2N. The topological polar surface area (TPSA) is 26.0 Å². The standard InChI is InChI=1S/C11H15Br2N/c1-8(12)11(14,9(2)13)10-6-4-3-5-7-10/h3-9H,14H2,1-2H3. The first kappa shape index (κ1) is 12.2. The van der Waals surface area contributed by atoms with Gasteiger partial charge >= 0.3 is 0 Å². The fourth-order valence-electron chi connectivity index (χ4n) is 1.50. The summed E-state index contributed by atoms with van der Waals surface area (Å²) < 4.78 is 0. The lowest BCUT2D eigenvalue weighted by Gasteiger charge is -2.35. The molecule has 0 aliphatic carbocycles. The van der Waals surface area contributed by atoms with Crippen LogP contribution in [0.1, 0.15) is 19.4 Å². The van der Waals surface area contributed by atoms with Gasteiger partial charge in [-0.25, -0.2) is 0 Å². The fraction of sp³-hybridized carbons (Fsp3) is 0.455. The highest BCUT2D eigenvalue weighted by molar-refractivity contribution is 9.10. The summed E-state index contributed by atoms with van der Waals surface area (Å²) in [6, 6.07) is 10.2. The minimum atomic E-state index is -0.374. The van der Waals surface area contributed by atoms with Crippen LogP contribution >= 0.6 is 31.9 Å². The second kappa shape index (κ2) is 4.77. The third-order valence-electron chi connectivity index (χ3n) is 2.59. The highest BCUT2D eigenvalue weighted by Gasteiger charge is 2.36. The second-order valence-corrected chi connectivity index (χ2v) is 6.28. The van der Waals surface area contributed by atoms with Crippen molar-refractivity contribution >= 4 is 31.9 Å². The molecule has 0 saturated heterocycles. The maximum atomic E-state index is 6.41. The molecular weight excluding hydrogens is 306 g/mol. The van der Waals surface area contributed by atoms with Crippen molar-refractivity contribution in [3.8, 4) is 0 Å². The molecule has 0 amide bonds. The highest BCUT2D eigenvalue weighted by Crippen LogP contribution is 2.34. The van der Waals surface area contributed by atoms with Crippen LogP contribution in [0.5, 0.6) is 0 Å². The minimum Gasteiger partial charge on any atom is -0.320 e. The zero-order chi connectivity index (χ0) is 10.8. The molecule has 0 aliphatic heterocycles. The summed E-state index contributed by atoms with van der Waals surface area (Å²) in [6.45, 7) is 4.15. The van der Waals surface area contributed by atoms with E-state index in [9.17, 15) is 0 Å². The largest absolute Gasteiger partial charge is 0.320 e. The van der Waals surface area contributed by atoms with Gasteiger partial charge in [0.2, 0.25) is 0 Å². The van der Waals surface area contributed by atoms with Crippen molar-refractivity contribution in [1.82, 2.24) is 0 Å². The summed E-state index contributed by atoms with van der Waals surface area (Å²) in [7, 11) is 0. The van der Waals surface area contributed by atoms with E-state index in [4.69, 9.17) is 5.73 Å². The van der Waals surface area contributed by atoms with E-state index >= 15 is 0 Å². The Morgan fingerprint density at radius 3 is 1.86 bits per heavy atom. The van der Waals surface area contributed by atoms with Crippen LogP contribution in [0.3, 0.4) is 0 Å². The SMILES string of the molecule is CC(Br)C(N)(c1ccccc1)C(C)Br. The Labute approximate surface area is 102 Å². The molecule has 1 aromatic rings. The molecule has 0 saturated carbocycles. The average molecular weight is 321 g/mol. The van der Waals surface area contributed by atoms with E-state index in [0.29, 0.717) is 0 Å². The van der Waals surface area contributed by atoms with Crippen LogP contribution in [0.15, 0.2) is 30.3 Å². The third-order valence-corrected chi connectivity index (χ3v) is 4.11. The molecule has 2 N–H and O–H groups in total. The predicted molar refractivity (Wildman–Crippen MR) is 69.1 cm³/mol. The molecule has 0 spiro atoms. The Kier molecular flexibility index (Phi) is 4.16. The number of hydrogen-bond donors (Lipinski definition) is 1. The van der Waals surface area contributed by atoms with Gasteiger partial charge in [0.05, 0.1) is 5.54 Å². The highest BCUT2D eigenvalue weighted by atomic mass is 79.9. The average Bonchev–Trinajstić information content (AvgIpc) is 2.17. The van der Waals surface area contributed by atoms with Crippen LogP contribution in [0.2, 0.25) is 0 Å². The molecule has 0 radical (unpaired) electrons. The molecule has 1 nitrogen and oxygen atoms in total. The first-order valence-electron chi connectivity index (χ1n) is 4.62. The monoisotopic (exact) mass is 319 g/mol. The van der Waals surface area contributed by atoms with Gasteiger partial charge in [0.25, 0.3) is 0 Å². The molecule has 14 heavy (non-hydrogen) atoms. The Bertz CT molecular complexity index is 275. The van der Waals surface area contributed by atoms with Crippen LogP contribution in [-0.2, 0) is 5.54 Å². The van der Waals surface area contributed by atoms with Gasteiger partial charge in [-0.1, -0.05) is 76.0 Å². The summed E-state index contributed by atoms with van der Waals surface area (Å²) >= 11 is 7.16. The van der Waals surface area contributed by atoms with Crippen LogP contribution in [0.4, 0.5) is 0 Å². The van der Waals surface area contributed by atoms with E-state index in [0.717, 1.165) is 5.56 Å². The molecule has 78 valence electrons. The Morgan fingerprint density at radius 2 is 1.50 bits per heavy atom. The Hall–Kier alpha value is 0.140. The van der Waals surface area contributed by atoms with Gasteiger partial charge < -0.3 is 5.73 Å². The van der Waals surface area contributed by atoms with Gasteiger partial charge in [-0.3, -0.25) is 0 Å². The van der Waals surface area contributed by atoms with Gasteiger partial charge in [-0.15, -0.1) is 0 Å². The van der Waals surface area contributed by atoms with Crippen molar-refractivity contribution in [3.05, 3.63) is 35.9 Å². The molecule has 1 rings (SSSR count). The summed E-state index contributed by atoms with van der Waals surface area (Å²) in [6.07, 6.45) is 0. The first-order valence-corrected chi connectivity index (χ1v) is 6.45. The number of benzene rings is 1. The molecule has 0 aliphatic rings. The maximum absolute atomic E-state index is 6.41. The van der Waals surface area contributed by atoms with Crippen molar-refractivity contribution in [2.24, 2.45) is 5.73 Å². The molecule has 0 fully saturated rings. The Morgan fingerprint density at radius 1 is 1.07 bits per heavy atom. The molecule has 2 atom stereocenters. The third kappa shape index (κ3) is 2.20. The number of halogens is 2. The number of rotatable bonds is 3. The molecule has 2 unspecified atom stereocenters. The number of hydrogen-bond acceptors (Lipinski definition) is 1. The van der Waals surface area contributed by atoms with Gasteiger partial charge in [-0.2, -0.15) is 0 Å². The normalized spacial score (nSPS) is 19.8. The van der Waals surface area contributed by atoms with Crippen molar-refractivity contribution in [2.75, 3.05) is 0 Å². The van der Waals surface area contributed by atoms with Gasteiger partial charge in [-0.05, 0) is 5.56 Å². The Balaban J connectivity index is 3.13. The lowest BCUT2D eigenvalue weighted by atomic mass is 9.86. The molecule has 0 aromatic heterocycles. The van der Waals surface area contributed by atoms with Crippen molar-refractivity contribution < 1.29 is 0 Å². The van der Waals surface area contributed by atoms with Crippen LogP contribution in [-0.4, -0.2) is 9.65 Å². The molecule has 1 aromatic carbocycles. The second-order valence-electron chi connectivity index (χ2n) is 3.53. The van der Waals surface area contributed by atoms with Crippen LogP contribution < -0.4 is 5.73 Å². The zero-order valence-corrected chi connectivity index (χ0v) is 11.5. The lowest BCUT2D eigenvalue weighted by molar-refractivity contribution is 0.447. The summed E-state index contributed by atoms with van der Waals surface area (Å²) in [5.41, 5.74) is 7.18. The smallest absolute Gasteiger partial charge is 0.0657 e. The van der Waals surface area contributed by atoms with Gasteiger partial charge in [0.15, 0.2) is 0 Å². The zero-order valence-electron chi connectivity index (χ0n) is 8.37. The van der Waals surface area contributed by atoms with E-state index < -0.39 is 0 Å². The molecule has 0 bridgehead atoms. The van der Waals surface area contributed by atoms with Crippen molar-refractivity contribution in [1.29, 1.82) is 0 Å². The van der Waals surface area contributed by atoms with E-state index in [1.165, 1.54) is 0 Å². The molecule has 0 heterocycles. The van der Waals surface area contributed by atoms with Crippen molar-refractivity contribution in [2.45, 2.75) is 29.0 Å².